The molecule has 1 saturated heterocycles. The van der Waals surface area contributed by atoms with Gasteiger partial charge in [0.15, 0.2) is 0 Å². The smallest absolute Gasteiger partial charge is 0.231 e. The molecule has 2 heterocycles. The maximum Gasteiger partial charge on any atom is 0.231 e. The fraction of sp³-hybridized carbons (Fsp3) is 0.800. The highest BCUT2D eigenvalue weighted by atomic mass is 15.3. The number of nitrogens with zero attached hydrogens (tertiary/aromatic N) is 4. The molecule has 0 radical (unpaired) electrons. The molecule has 21 heavy (non-hydrogen) atoms. The van der Waals surface area contributed by atoms with Gasteiger partial charge in [-0.1, -0.05) is 6.92 Å². The van der Waals surface area contributed by atoms with Gasteiger partial charge in [-0.2, -0.15) is 15.0 Å². The molecule has 6 nitrogen and oxygen atoms in total. The summed E-state index contributed by atoms with van der Waals surface area (Å²) < 4.78 is 0. The Morgan fingerprint density at radius 2 is 1.62 bits per heavy atom. The minimum Gasteiger partial charge on any atom is -0.357 e. The molecule has 1 aromatic rings. The number of rotatable bonds is 4. The van der Waals surface area contributed by atoms with Gasteiger partial charge >= 0.3 is 0 Å². The van der Waals surface area contributed by atoms with E-state index >= 15 is 0 Å². The zero-order valence-electron chi connectivity index (χ0n) is 13.1. The summed E-state index contributed by atoms with van der Waals surface area (Å²) in [6.07, 6.45) is 7.45. The van der Waals surface area contributed by atoms with Crippen molar-refractivity contribution in [2.24, 2.45) is 5.92 Å². The summed E-state index contributed by atoms with van der Waals surface area (Å²) >= 11 is 0. The molecule has 0 spiro atoms. The first-order valence-corrected chi connectivity index (χ1v) is 8.20. The molecule has 1 aliphatic carbocycles. The van der Waals surface area contributed by atoms with E-state index in [-0.39, 0.29) is 0 Å². The molecule has 2 N–H and O–H groups in total. The van der Waals surface area contributed by atoms with Gasteiger partial charge in [-0.3, -0.25) is 0 Å². The Bertz CT molecular complexity index is 463. The summed E-state index contributed by atoms with van der Waals surface area (Å²) in [5.41, 5.74) is 0. The van der Waals surface area contributed by atoms with E-state index in [2.05, 4.69) is 37.4 Å². The summed E-state index contributed by atoms with van der Waals surface area (Å²) in [5.74, 6) is 3.03. The van der Waals surface area contributed by atoms with Crippen LogP contribution in [0.4, 0.5) is 17.8 Å². The molecule has 0 atom stereocenters. The van der Waals surface area contributed by atoms with Gasteiger partial charge in [0.1, 0.15) is 0 Å². The van der Waals surface area contributed by atoms with Gasteiger partial charge in [-0.15, -0.1) is 0 Å². The lowest BCUT2D eigenvalue weighted by Crippen LogP contribution is -2.27. The summed E-state index contributed by atoms with van der Waals surface area (Å²) in [7, 11) is 1.86. The third-order valence-electron chi connectivity index (χ3n) is 4.59. The van der Waals surface area contributed by atoms with E-state index in [0.717, 1.165) is 30.9 Å². The van der Waals surface area contributed by atoms with Crippen LogP contribution in [0.15, 0.2) is 0 Å². The van der Waals surface area contributed by atoms with Crippen LogP contribution in [0.2, 0.25) is 0 Å². The molecule has 0 unspecified atom stereocenters. The van der Waals surface area contributed by atoms with Crippen molar-refractivity contribution in [1.82, 2.24) is 15.0 Å². The highest BCUT2D eigenvalue weighted by Crippen LogP contribution is 2.26. The van der Waals surface area contributed by atoms with Crippen LogP contribution in [-0.4, -0.2) is 41.1 Å². The van der Waals surface area contributed by atoms with Gasteiger partial charge in [0.05, 0.1) is 0 Å². The minimum absolute atomic E-state index is 0.500. The van der Waals surface area contributed by atoms with Crippen LogP contribution in [0.1, 0.15) is 45.4 Å². The van der Waals surface area contributed by atoms with Crippen LogP contribution in [0.5, 0.6) is 0 Å². The maximum absolute atomic E-state index is 4.63. The molecule has 0 amide bonds. The van der Waals surface area contributed by atoms with Crippen molar-refractivity contribution in [3.05, 3.63) is 0 Å². The summed E-state index contributed by atoms with van der Waals surface area (Å²) in [6, 6.07) is 0.500. The molecule has 0 bridgehead atoms. The fourth-order valence-corrected chi connectivity index (χ4v) is 3.19. The molecule has 1 aliphatic heterocycles. The number of hydrogen-bond acceptors (Lipinski definition) is 6. The van der Waals surface area contributed by atoms with E-state index in [1.807, 2.05) is 7.05 Å². The molecular formula is C15H26N6. The molecule has 0 aromatic carbocycles. The Kier molecular flexibility index (Phi) is 4.41. The van der Waals surface area contributed by atoms with Crippen LogP contribution in [0.25, 0.3) is 0 Å². The summed E-state index contributed by atoms with van der Waals surface area (Å²) in [6.45, 7) is 4.44. The lowest BCUT2D eigenvalue weighted by molar-refractivity contribution is 0.360. The molecule has 2 aliphatic rings. The first-order valence-electron chi connectivity index (χ1n) is 8.20. The van der Waals surface area contributed by atoms with Crippen molar-refractivity contribution in [2.45, 2.75) is 51.5 Å². The van der Waals surface area contributed by atoms with E-state index in [4.69, 9.17) is 0 Å². The Labute approximate surface area is 126 Å². The third kappa shape index (κ3) is 3.54. The van der Waals surface area contributed by atoms with Crippen molar-refractivity contribution in [2.75, 3.05) is 35.7 Å². The summed E-state index contributed by atoms with van der Waals surface area (Å²) in [5, 5.41) is 6.56. The maximum atomic E-state index is 4.63. The van der Waals surface area contributed by atoms with E-state index in [9.17, 15) is 0 Å². The Balaban J connectivity index is 1.72. The zero-order chi connectivity index (χ0) is 14.7. The second-order valence-electron chi connectivity index (χ2n) is 6.33. The molecule has 1 aromatic heterocycles. The Morgan fingerprint density at radius 1 is 0.952 bits per heavy atom. The van der Waals surface area contributed by atoms with Gasteiger partial charge in [0, 0.05) is 26.2 Å². The van der Waals surface area contributed by atoms with E-state index in [1.54, 1.807) is 0 Å². The first kappa shape index (κ1) is 14.4. The monoisotopic (exact) mass is 290 g/mol. The van der Waals surface area contributed by atoms with E-state index in [0.29, 0.717) is 12.0 Å². The number of aromatic nitrogens is 3. The average Bonchev–Trinajstić information content (AvgIpc) is 3.04. The van der Waals surface area contributed by atoms with Gasteiger partial charge in [-0.05, 0) is 44.4 Å². The van der Waals surface area contributed by atoms with E-state index in [1.165, 1.54) is 38.5 Å². The lowest BCUT2D eigenvalue weighted by Gasteiger charge is -2.27. The second kappa shape index (κ2) is 6.45. The van der Waals surface area contributed by atoms with Crippen LogP contribution in [0, 0.1) is 5.92 Å². The topological polar surface area (TPSA) is 66.0 Å². The fourth-order valence-electron chi connectivity index (χ4n) is 3.19. The molecule has 2 fully saturated rings. The van der Waals surface area contributed by atoms with Gasteiger partial charge in [0.25, 0.3) is 0 Å². The van der Waals surface area contributed by atoms with Crippen molar-refractivity contribution >= 4 is 17.8 Å². The highest BCUT2D eigenvalue weighted by Gasteiger charge is 2.21. The van der Waals surface area contributed by atoms with Crippen LogP contribution in [-0.2, 0) is 0 Å². The van der Waals surface area contributed by atoms with Gasteiger partial charge < -0.3 is 15.5 Å². The van der Waals surface area contributed by atoms with Crippen LogP contribution >= 0.6 is 0 Å². The number of hydrogen-bond donors (Lipinski definition) is 2. The normalized spacial score (nSPS) is 25.9. The standard InChI is InChI=1S/C15H26N6/c1-11-5-7-12(8-6-11)17-14-18-13(16-2)19-15(20-14)21-9-3-4-10-21/h11-12H,3-10H2,1-2H3,(H2,16,17,18,19,20). The van der Waals surface area contributed by atoms with Crippen molar-refractivity contribution in [1.29, 1.82) is 0 Å². The lowest BCUT2D eigenvalue weighted by atomic mass is 9.87. The van der Waals surface area contributed by atoms with E-state index < -0.39 is 0 Å². The zero-order valence-corrected chi connectivity index (χ0v) is 13.1. The summed E-state index contributed by atoms with van der Waals surface area (Å²) in [4.78, 5) is 15.8. The Hall–Kier alpha value is -1.59. The van der Waals surface area contributed by atoms with Crippen molar-refractivity contribution < 1.29 is 0 Å². The largest absolute Gasteiger partial charge is 0.357 e. The van der Waals surface area contributed by atoms with Crippen LogP contribution < -0.4 is 15.5 Å². The van der Waals surface area contributed by atoms with Crippen molar-refractivity contribution in [3.63, 3.8) is 0 Å². The van der Waals surface area contributed by atoms with Crippen molar-refractivity contribution in [3.8, 4) is 0 Å². The minimum atomic E-state index is 0.500. The molecule has 6 heteroatoms. The second-order valence-corrected chi connectivity index (χ2v) is 6.33. The average molecular weight is 290 g/mol. The quantitative estimate of drug-likeness (QED) is 0.888. The molecular weight excluding hydrogens is 264 g/mol. The first-order chi connectivity index (χ1) is 10.2. The van der Waals surface area contributed by atoms with Crippen LogP contribution in [0.3, 0.4) is 0 Å². The number of anilines is 3. The predicted molar refractivity (Wildman–Crippen MR) is 85.9 cm³/mol. The van der Waals surface area contributed by atoms with Gasteiger partial charge in [-0.25, -0.2) is 0 Å². The van der Waals surface area contributed by atoms with Gasteiger partial charge in [0.2, 0.25) is 17.8 Å². The molecule has 1 saturated carbocycles. The Morgan fingerprint density at radius 3 is 2.29 bits per heavy atom. The SMILES string of the molecule is CNc1nc(NC2CCC(C)CC2)nc(N2CCCC2)n1. The highest BCUT2D eigenvalue weighted by molar-refractivity contribution is 5.44. The predicted octanol–water partition coefficient (Wildman–Crippen LogP) is 2.50. The molecule has 3 rings (SSSR count). The number of nitrogens with one attached hydrogen (secondary N) is 2. The third-order valence-corrected chi connectivity index (χ3v) is 4.59. The molecule has 116 valence electrons.